The van der Waals surface area contributed by atoms with Crippen LogP contribution in [-0.4, -0.2) is 58.8 Å². The Morgan fingerprint density at radius 2 is 1.74 bits per heavy atom. The molecule has 2 saturated heterocycles. The average Bonchev–Trinajstić information content (AvgIpc) is 3.56. The van der Waals surface area contributed by atoms with E-state index in [1.165, 1.54) is 0 Å². The van der Waals surface area contributed by atoms with Crippen LogP contribution in [0.25, 0.3) is 0 Å². The van der Waals surface area contributed by atoms with Crippen LogP contribution in [0, 0.1) is 11.8 Å². The molecule has 182 valence electrons. The maximum absolute atomic E-state index is 13.2. The minimum Gasteiger partial charge on any atom is -0.444 e. The molecule has 5 atom stereocenters. The van der Waals surface area contributed by atoms with Gasteiger partial charge in [-0.1, -0.05) is 60.7 Å². The molecule has 2 aromatic carbocycles. The summed E-state index contributed by atoms with van der Waals surface area (Å²) in [7, 11) is 0. The summed E-state index contributed by atoms with van der Waals surface area (Å²) in [4.78, 5) is 54.7. The smallest absolute Gasteiger partial charge is 0.413 e. The number of rotatable bonds is 7. The van der Waals surface area contributed by atoms with Crippen molar-refractivity contribution in [1.29, 1.82) is 0 Å². The third kappa shape index (κ3) is 4.46. The zero-order chi connectivity index (χ0) is 24.5. The van der Waals surface area contributed by atoms with Crippen LogP contribution in [0.2, 0.25) is 0 Å². The minimum absolute atomic E-state index is 0.0470. The zero-order valence-corrected chi connectivity index (χ0v) is 19.5. The lowest BCUT2D eigenvalue weighted by Gasteiger charge is -2.35. The monoisotopic (exact) mass is 476 g/mol. The fourth-order valence-electron chi connectivity index (χ4n) is 5.57. The lowest BCUT2D eigenvalue weighted by Crippen LogP contribution is -2.48. The number of piperidine rings is 1. The molecular weight excluding hydrogens is 448 g/mol. The predicted molar refractivity (Wildman–Crippen MR) is 125 cm³/mol. The Hall–Kier alpha value is -3.52. The molecule has 1 amide bonds. The number of fused-ring (bicyclic) bond motifs is 2. The summed E-state index contributed by atoms with van der Waals surface area (Å²) in [6.45, 7) is 2.51. The second-order valence-electron chi connectivity index (χ2n) is 9.46. The summed E-state index contributed by atoms with van der Waals surface area (Å²) >= 11 is 0. The van der Waals surface area contributed by atoms with E-state index in [1.54, 1.807) is 0 Å². The number of likely N-dealkylation sites (tertiary alicyclic amines) is 1. The normalized spacial score (nSPS) is 26.6. The number of amides is 1. The Morgan fingerprint density at radius 1 is 1.06 bits per heavy atom. The molecule has 2 bridgehead atoms. The van der Waals surface area contributed by atoms with Crippen molar-refractivity contribution in [1.82, 2.24) is 9.80 Å². The maximum atomic E-state index is 13.2. The minimum atomic E-state index is -1.07. The van der Waals surface area contributed by atoms with Gasteiger partial charge in [0, 0.05) is 19.0 Å². The highest BCUT2D eigenvalue weighted by molar-refractivity contribution is 6.08. The zero-order valence-electron chi connectivity index (χ0n) is 19.5. The van der Waals surface area contributed by atoms with Crippen molar-refractivity contribution in [2.45, 2.75) is 44.5 Å². The van der Waals surface area contributed by atoms with Crippen LogP contribution in [0.4, 0.5) is 4.79 Å². The number of carbonyl (C=O) groups excluding carboxylic acids is 4. The van der Waals surface area contributed by atoms with Crippen molar-refractivity contribution in [3.63, 3.8) is 0 Å². The van der Waals surface area contributed by atoms with Gasteiger partial charge in [0.05, 0.1) is 12.0 Å². The molecule has 8 heteroatoms. The first-order valence-electron chi connectivity index (χ1n) is 11.9. The van der Waals surface area contributed by atoms with Gasteiger partial charge < -0.3 is 9.47 Å². The van der Waals surface area contributed by atoms with E-state index in [1.807, 2.05) is 60.7 Å². The molecule has 0 spiro atoms. The molecule has 1 unspecified atom stereocenters. The Bertz CT molecular complexity index is 1120. The first-order valence-corrected chi connectivity index (χ1v) is 11.9. The molecule has 1 aliphatic carbocycles. The van der Waals surface area contributed by atoms with Gasteiger partial charge in [-0.2, -0.15) is 0 Å². The fourth-order valence-corrected chi connectivity index (χ4v) is 5.57. The number of nitrogens with zero attached hydrogens (tertiary/aromatic N) is 2. The highest BCUT2D eigenvalue weighted by Gasteiger charge is 2.55. The second-order valence-corrected chi connectivity index (χ2v) is 9.46. The number of esters is 1. The van der Waals surface area contributed by atoms with Crippen LogP contribution in [0.5, 0.6) is 0 Å². The first-order chi connectivity index (χ1) is 16.9. The Morgan fingerprint density at radius 3 is 2.43 bits per heavy atom. The van der Waals surface area contributed by atoms with E-state index < -0.39 is 24.0 Å². The van der Waals surface area contributed by atoms with Crippen molar-refractivity contribution in [3.05, 3.63) is 71.8 Å². The summed E-state index contributed by atoms with van der Waals surface area (Å²) < 4.78 is 10.4. The number of ether oxygens (including phenoxy) is 2. The fraction of sp³-hybridized carbons (Fsp3) is 0.407. The summed E-state index contributed by atoms with van der Waals surface area (Å²) in [5.41, 5.74) is 1.94. The van der Waals surface area contributed by atoms with Gasteiger partial charge >= 0.3 is 12.1 Å². The highest BCUT2D eigenvalue weighted by atomic mass is 16.6. The molecule has 0 N–H and O–H groups in total. The quantitative estimate of drug-likeness (QED) is 0.448. The number of carbonyl (C=O) groups is 4. The average molecular weight is 477 g/mol. The first kappa shape index (κ1) is 23.2. The van der Waals surface area contributed by atoms with Crippen LogP contribution in [0.15, 0.2) is 60.7 Å². The Balaban J connectivity index is 1.21. The predicted octanol–water partition coefficient (Wildman–Crippen LogP) is 3.12. The van der Waals surface area contributed by atoms with Gasteiger partial charge in [-0.3, -0.25) is 19.4 Å². The molecule has 1 saturated carbocycles. The SMILES string of the molecule is C[C@@H](c1ccccc1)N1C[C@H]2C[C@@H]1C(=O)C2C(=O)C[C@@H]1C(=O)OCN1C(=O)OCc1ccccc1. The van der Waals surface area contributed by atoms with E-state index >= 15 is 0 Å². The number of ketones is 2. The third-order valence-corrected chi connectivity index (χ3v) is 7.43. The lowest BCUT2D eigenvalue weighted by atomic mass is 9.86. The van der Waals surface area contributed by atoms with Crippen molar-refractivity contribution < 1.29 is 28.7 Å². The largest absolute Gasteiger partial charge is 0.444 e. The summed E-state index contributed by atoms with van der Waals surface area (Å²) in [5.74, 6) is -1.86. The van der Waals surface area contributed by atoms with Gasteiger partial charge in [0.1, 0.15) is 18.4 Å². The Labute approximate surface area is 203 Å². The molecular formula is C27H28N2O6. The van der Waals surface area contributed by atoms with Crippen molar-refractivity contribution >= 4 is 23.6 Å². The van der Waals surface area contributed by atoms with Crippen LogP contribution >= 0.6 is 0 Å². The molecule has 5 rings (SSSR count). The summed E-state index contributed by atoms with van der Waals surface area (Å²) in [5, 5.41) is 0. The van der Waals surface area contributed by atoms with Crippen LogP contribution in [0.1, 0.15) is 36.9 Å². The Kier molecular flexibility index (Phi) is 6.38. The van der Waals surface area contributed by atoms with Crippen molar-refractivity contribution in [2.75, 3.05) is 13.3 Å². The molecule has 2 heterocycles. The van der Waals surface area contributed by atoms with Crippen LogP contribution in [0.3, 0.4) is 0 Å². The number of benzene rings is 2. The molecule has 3 fully saturated rings. The van der Waals surface area contributed by atoms with E-state index in [9.17, 15) is 19.2 Å². The molecule has 35 heavy (non-hydrogen) atoms. The lowest BCUT2D eigenvalue weighted by molar-refractivity contribution is -0.143. The number of cyclic esters (lactones) is 1. The van der Waals surface area contributed by atoms with E-state index in [4.69, 9.17) is 9.47 Å². The molecule has 3 aliphatic rings. The number of hydrogen-bond acceptors (Lipinski definition) is 7. The van der Waals surface area contributed by atoms with E-state index in [2.05, 4.69) is 11.8 Å². The van der Waals surface area contributed by atoms with E-state index in [0.717, 1.165) is 16.0 Å². The standard InChI is InChI=1S/C27H28N2O6/c1-17(19-10-6-3-7-11-19)28-14-20-12-21(28)25(31)24(20)23(30)13-22-26(32)35-16-29(22)27(33)34-15-18-8-4-2-5-9-18/h2-11,17,20-22,24H,12-16H2,1H3/t17-,20+,21+,22+,24?/m0/s1. The van der Waals surface area contributed by atoms with Gasteiger partial charge in [-0.25, -0.2) is 9.59 Å². The molecule has 0 radical (unpaired) electrons. The highest BCUT2D eigenvalue weighted by Crippen LogP contribution is 2.44. The topological polar surface area (TPSA) is 93.2 Å². The van der Waals surface area contributed by atoms with Gasteiger partial charge in [-0.15, -0.1) is 0 Å². The summed E-state index contributed by atoms with van der Waals surface area (Å²) in [6, 6.07) is 17.9. The molecule has 8 nitrogen and oxygen atoms in total. The molecule has 2 aliphatic heterocycles. The van der Waals surface area contributed by atoms with Gasteiger partial charge in [0.25, 0.3) is 0 Å². The summed E-state index contributed by atoms with van der Waals surface area (Å²) in [6.07, 6.45) is -0.322. The molecule has 2 aromatic rings. The maximum Gasteiger partial charge on any atom is 0.413 e. The van der Waals surface area contributed by atoms with Gasteiger partial charge in [0.15, 0.2) is 12.5 Å². The third-order valence-electron chi connectivity index (χ3n) is 7.43. The van der Waals surface area contributed by atoms with Crippen LogP contribution in [-0.2, 0) is 30.5 Å². The van der Waals surface area contributed by atoms with Crippen LogP contribution < -0.4 is 0 Å². The van der Waals surface area contributed by atoms with Gasteiger partial charge in [-0.05, 0) is 30.4 Å². The molecule has 0 aromatic heterocycles. The van der Waals surface area contributed by atoms with Crippen molar-refractivity contribution in [2.24, 2.45) is 11.8 Å². The van der Waals surface area contributed by atoms with Crippen molar-refractivity contribution in [3.8, 4) is 0 Å². The number of hydrogen-bond donors (Lipinski definition) is 0. The number of Topliss-reactive ketones (excluding diaryl/α,β-unsaturated/α-hetero) is 2. The second kappa shape index (κ2) is 9.62. The van der Waals surface area contributed by atoms with E-state index in [-0.39, 0.29) is 49.3 Å². The van der Waals surface area contributed by atoms with E-state index in [0.29, 0.717) is 13.0 Å². The van der Waals surface area contributed by atoms with Gasteiger partial charge in [0.2, 0.25) is 0 Å².